The van der Waals surface area contributed by atoms with Crippen LogP contribution in [0.4, 0.5) is 4.39 Å². The average Bonchev–Trinajstić information content (AvgIpc) is 2.46. The van der Waals surface area contributed by atoms with Crippen molar-refractivity contribution >= 4 is 15.9 Å². The molecule has 1 atom stereocenters. The predicted octanol–water partition coefficient (Wildman–Crippen LogP) is 3.08. The molecule has 1 heterocycles. The molecule has 0 saturated heterocycles. The van der Waals surface area contributed by atoms with E-state index < -0.39 is 11.9 Å². The normalized spacial score (nSPS) is 12.1. The van der Waals surface area contributed by atoms with Crippen LogP contribution in [0.3, 0.4) is 0 Å². The Morgan fingerprint density at radius 1 is 1.25 bits per heavy atom. The summed E-state index contributed by atoms with van der Waals surface area (Å²) in [6.07, 6.45) is 1.44. The lowest BCUT2D eigenvalue weighted by Crippen LogP contribution is -2.04. The monoisotopic (exact) mass is 341 g/mol. The third kappa shape index (κ3) is 2.76. The summed E-state index contributed by atoms with van der Waals surface area (Å²) in [6.45, 7) is 0. The van der Waals surface area contributed by atoms with Crippen LogP contribution in [0.25, 0.3) is 0 Å². The number of ether oxygens (including phenoxy) is 2. The number of nitrogens with zero attached hydrogens (tertiary/aromatic N) is 1. The van der Waals surface area contributed by atoms with E-state index in [4.69, 9.17) is 9.47 Å². The molecule has 2 aromatic rings. The van der Waals surface area contributed by atoms with Gasteiger partial charge in [0, 0.05) is 17.3 Å². The fraction of sp³-hybridized carbons (Fsp3) is 0.214. The molecule has 1 unspecified atom stereocenters. The molecule has 0 radical (unpaired) electrons. The quantitative estimate of drug-likeness (QED) is 0.928. The molecule has 0 aliphatic heterocycles. The third-order valence-electron chi connectivity index (χ3n) is 2.85. The van der Waals surface area contributed by atoms with Gasteiger partial charge in [-0.2, -0.15) is 0 Å². The number of aromatic nitrogens is 1. The van der Waals surface area contributed by atoms with E-state index in [1.807, 2.05) is 0 Å². The fourth-order valence-electron chi connectivity index (χ4n) is 1.89. The van der Waals surface area contributed by atoms with Gasteiger partial charge in [0.2, 0.25) is 0 Å². The number of rotatable bonds is 4. The minimum Gasteiger partial charge on any atom is -0.495 e. The van der Waals surface area contributed by atoms with Crippen LogP contribution in [0, 0.1) is 5.82 Å². The summed E-state index contributed by atoms with van der Waals surface area (Å²) in [4.78, 5) is 3.73. The number of pyridine rings is 1. The SMILES string of the molecule is COc1ccc(C(O)c2cncc(F)c2)c(OC)c1Br. The van der Waals surface area contributed by atoms with Crippen molar-refractivity contribution in [3.63, 3.8) is 0 Å². The summed E-state index contributed by atoms with van der Waals surface area (Å²) in [6, 6.07) is 4.59. The molecule has 2 rings (SSSR count). The molecule has 0 aliphatic carbocycles. The van der Waals surface area contributed by atoms with E-state index in [0.29, 0.717) is 27.1 Å². The highest BCUT2D eigenvalue weighted by Gasteiger charge is 2.20. The van der Waals surface area contributed by atoms with Gasteiger partial charge in [-0.25, -0.2) is 4.39 Å². The minimum absolute atomic E-state index is 0.348. The van der Waals surface area contributed by atoms with Crippen molar-refractivity contribution < 1.29 is 19.0 Å². The zero-order valence-corrected chi connectivity index (χ0v) is 12.5. The van der Waals surface area contributed by atoms with Gasteiger partial charge in [0.05, 0.1) is 20.4 Å². The van der Waals surface area contributed by atoms with E-state index in [2.05, 4.69) is 20.9 Å². The molecule has 0 spiro atoms. The van der Waals surface area contributed by atoms with E-state index in [1.54, 1.807) is 12.1 Å². The first kappa shape index (κ1) is 14.7. The fourth-order valence-corrected chi connectivity index (χ4v) is 2.58. The van der Waals surface area contributed by atoms with Gasteiger partial charge >= 0.3 is 0 Å². The van der Waals surface area contributed by atoms with E-state index in [0.717, 1.165) is 6.20 Å². The number of aliphatic hydroxyl groups is 1. The van der Waals surface area contributed by atoms with Crippen LogP contribution < -0.4 is 9.47 Å². The molecule has 0 aliphatic rings. The van der Waals surface area contributed by atoms with Gasteiger partial charge < -0.3 is 14.6 Å². The second kappa shape index (κ2) is 6.19. The molecule has 1 aromatic heterocycles. The van der Waals surface area contributed by atoms with Crippen LogP contribution in [0.1, 0.15) is 17.2 Å². The summed E-state index contributed by atoms with van der Waals surface area (Å²) in [5.74, 6) is 0.504. The number of hydrogen-bond donors (Lipinski definition) is 1. The van der Waals surface area contributed by atoms with Gasteiger partial charge in [0.25, 0.3) is 0 Å². The van der Waals surface area contributed by atoms with Crippen LogP contribution in [-0.4, -0.2) is 24.3 Å². The largest absolute Gasteiger partial charge is 0.495 e. The van der Waals surface area contributed by atoms with Gasteiger partial charge in [-0.3, -0.25) is 4.98 Å². The predicted molar refractivity (Wildman–Crippen MR) is 75.5 cm³/mol. The highest BCUT2D eigenvalue weighted by atomic mass is 79.9. The summed E-state index contributed by atoms with van der Waals surface area (Å²) in [7, 11) is 3.02. The second-order valence-corrected chi connectivity index (χ2v) is 4.84. The van der Waals surface area contributed by atoms with E-state index in [-0.39, 0.29) is 0 Å². The van der Waals surface area contributed by atoms with Gasteiger partial charge in [-0.15, -0.1) is 0 Å². The van der Waals surface area contributed by atoms with Crippen LogP contribution in [-0.2, 0) is 0 Å². The molecule has 0 saturated carbocycles. The van der Waals surface area contributed by atoms with Crippen LogP contribution in [0.2, 0.25) is 0 Å². The van der Waals surface area contributed by atoms with Crippen molar-refractivity contribution in [1.82, 2.24) is 4.98 Å². The number of benzene rings is 1. The summed E-state index contributed by atoms with van der Waals surface area (Å²) >= 11 is 3.36. The Bertz CT molecular complexity index is 621. The number of aliphatic hydroxyl groups excluding tert-OH is 1. The standard InChI is InChI=1S/C14H13BrFNO3/c1-19-11-4-3-10(14(20-2)12(11)15)13(18)8-5-9(16)7-17-6-8/h3-7,13,18H,1-2H3. The smallest absolute Gasteiger partial charge is 0.142 e. The Morgan fingerprint density at radius 3 is 2.60 bits per heavy atom. The van der Waals surface area contributed by atoms with E-state index in [1.165, 1.54) is 26.5 Å². The maximum absolute atomic E-state index is 13.2. The Hall–Kier alpha value is -1.66. The maximum atomic E-state index is 13.2. The lowest BCUT2D eigenvalue weighted by Gasteiger charge is -2.17. The molecule has 1 N–H and O–H groups in total. The Labute approximate surface area is 124 Å². The van der Waals surface area contributed by atoms with Crippen LogP contribution in [0.15, 0.2) is 35.1 Å². The molecule has 1 aromatic carbocycles. The van der Waals surface area contributed by atoms with Gasteiger partial charge in [0.15, 0.2) is 0 Å². The molecular weight excluding hydrogens is 329 g/mol. The lowest BCUT2D eigenvalue weighted by molar-refractivity contribution is 0.213. The first-order valence-electron chi connectivity index (χ1n) is 5.77. The van der Waals surface area contributed by atoms with Crippen molar-refractivity contribution in [3.8, 4) is 11.5 Å². The molecule has 0 amide bonds. The highest BCUT2D eigenvalue weighted by Crippen LogP contribution is 2.41. The maximum Gasteiger partial charge on any atom is 0.142 e. The summed E-state index contributed by atoms with van der Waals surface area (Å²) < 4.78 is 24.2. The van der Waals surface area contributed by atoms with Crippen LogP contribution >= 0.6 is 15.9 Å². The second-order valence-electron chi connectivity index (χ2n) is 4.04. The van der Waals surface area contributed by atoms with Crippen molar-refractivity contribution in [2.24, 2.45) is 0 Å². The minimum atomic E-state index is -1.05. The van der Waals surface area contributed by atoms with Crippen LogP contribution in [0.5, 0.6) is 11.5 Å². The van der Waals surface area contributed by atoms with Gasteiger partial charge in [-0.1, -0.05) is 0 Å². The molecule has 0 fully saturated rings. The average molecular weight is 342 g/mol. The first-order chi connectivity index (χ1) is 9.58. The van der Waals surface area contributed by atoms with Gasteiger partial charge in [0.1, 0.15) is 27.9 Å². The Balaban J connectivity index is 2.49. The molecule has 0 bridgehead atoms. The lowest BCUT2D eigenvalue weighted by atomic mass is 10.0. The molecule has 106 valence electrons. The molecular formula is C14H13BrFNO3. The highest BCUT2D eigenvalue weighted by molar-refractivity contribution is 9.10. The van der Waals surface area contributed by atoms with E-state index >= 15 is 0 Å². The summed E-state index contributed by atoms with van der Waals surface area (Å²) in [5.41, 5.74) is 0.841. The van der Waals surface area contributed by atoms with Crippen molar-refractivity contribution in [1.29, 1.82) is 0 Å². The third-order valence-corrected chi connectivity index (χ3v) is 3.60. The van der Waals surface area contributed by atoms with Gasteiger partial charge in [-0.05, 0) is 34.1 Å². The number of hydrogen-bond acceptors (Lipinski definition) is 4. The first-order valence-corrected chi connectivity index (χ1v) is 6.56. The molecule has 20 heavy (non-hydrogen) atoms. The number of halogens is 2. The van der Waals surface area contributed by atoms with E-state index in [9.17, 15) is 9.50 Å². The topological polar surface area (TPSA) is 51.6 Å². The Kier molecular flexibility index (Phi) is 4.57. The number of methoxy groups -OCH3 is 2. The molecule has 6 heteroatoms. The van der Waals surface area contributed by atoms with Crippen molar-refractivity contribution in [2.45, 2.75) is 6.10 Å². The van der Waals surface area contributed by atoms with Crippen molar-refractivity contribution in [3.05, 3.63) is 52.0 Å². The summed E-state index contributed by atoms with van der Waals surface area (Å²) in [5, 5.41) is 10.4. The molecule has 4 nitrogen and oxygen atoms in total. The zero-order valence-electron chi connectivity index (χ0n) is 10.9. The Morgan fingerprint density at radius 2 is 2.00 bits per heavy atom. The zero-order chi connectivity index (χ0) is 14.7. The van der Waals surface area contributed by atoms with Crippen molar-refractivity contribution in [2.75, 3.05) is 14.2 Å².